The van der Waals surface area contributed by atoms with Crippen molar-refractivity contribution in [2.45, 2.75) is 38.6 Å². The van der Waals surface area contributed by atoms with E-state index in [0.29, 0.717) is 16.5 Å². The Morgan fingerprint density at radius 1 is 1.22 bits per heavy atom. The molecule has 0 amide bonds. The van der Waals surface area contributed by atoms with Gasteiger partial charge in [-0.25, -0.2) is 4.39 Å². The van der Waals surface area contributed by atoms with Gasteiger partial charge in [-0.05, 0) is 43.7 Å². The maximum absolute atomic E-state index is 13.8. The third kappa shape index (κ3) is 1.93. The monoisotopic (exact) mass is 265 g/mol. The molecule has 1 fully saturated rings. The van der Waals surface area contributed by atoms with Crippen LogP contribution in [0.1, 0.15) is 38.6 Å². The van der Waals surface area contributed by atoms with Gasteiger partial charge in [0, 0.05) is 12.2 Å². The summed E-state index contributed by atoms with van der Waals surface area (Å²) < 4.78 is 16.0. The number of nitrogens with zero attached hydrogens (tertiary/aromatic N) is 1. The lowest BCUT2D eigenvalue weighted by Gasteiger charge is -2.28. The molecule has 0 N–H and O–H groups in total. The van der Waals surface area contributed by atoms with Crippen LogP contribution in [0.2, 0.25) is 5.02 Å². The number of hydrogen-bond acceptors (Lipinski definition) is 0. The smallest absolute Gasteiger partial charge is 0.134 e. The third-order valence-corrected chi connectivity index (χ3v) is 4.43. The lowest BCUT2D eigenvalue weighted by Crippen LogP contribution is -2.15. The minimum atomic E-state index is -0.222. The third-order valence-electron chi connectivity index (χ3n) is 4.14. The second kappa shape index (κ2) is 4.58. The maximum atomic E-state index is 13.8. The van der Waals surface area contributed by atoms with Crippen LogP contribution in [-0.2, 0) is 0 Å². The van der Waals surface area contributed by atoms with Gasteiger partial charge in [-0.3, -0.25) is 0 Å². The summed E-state index contributed by atoms with van der Waals surface area (Å²) in [5.41, 5.74) is 0.930. The van der Waals surface area contributed by atoms with Crippen LogP contribution in [0.4, 0.5) is 4.39 Å². The van der Waals surface area contributed by atoms with E-state index in [4.69, 9.17) is 11.6 Å². The largest absolute Gasteiger partial charge is 0.343 e. The highest BCUT2D eigenvalue weighted by atomic mass is 35.5. The van der Waals surface area contributed by atoms with Crippen LogP contribution in [0.5, 0.6) is 0 Å². The molecule has 3 heteroatoms. The average molecular weight is 266 g/mol. The number of hydrogen-bond donors (Lipinski definition) is 0. The van der Waals surface area contributed by atoms with Crippen molar-refractivity contribution >= 4 is 22.5 Å². The van der Waals surface area contributed by atoms with Crippen molar-refractivity contribution in [2.24, 2.45) is 5.92 Å². The Labute approximate surface area is 112 Å². The van der Waals surface area contributed by atoms with Crippen molar-refractivity contribution in [1.82, 2.24) is 4.57 Å². The molecular formula is C15H17ClFN. The van der Waals surface area contributed by atoms with E-state index in [9.17, 15) is 4.39 Å². The zero-order valence-corrected chi connectivity index (χ0v) is 11.3. The lowest BCUT2D eigenvalue weighted by molar-refractivity contribution is 0.294. The van der Waals surface area contributed by atoms with Gasteiger partial charge in [0.15, 0.2) is 0 Å². The van der Waals surface area contributed by atoms with Crippen molar-refractivity contribution < 1.29 is 4.39 Å². The number of halogens is 2. The summed E-state index contributed by atoms with van der Waals surface area (Å²) in [6.07, 6.45) is 6.72. The summed E-state index contributed by atoms with van der Waals surface area (Å²) in [5.74, 6) is 0.593. The summed E-state index contributed by atoms with van der Waals surface area (Å²) in [6, 6.07) is 5.66. The van der Waals surface area contributed by atoms with Gasteiger partial charge in [0.2, 0.25) is 0 Å². The molecule has 1 aromatic carbocycles. The van der Waals surface area contributed by atoms with Gasteiger partial charge in [0.25, 0.3) is 0 Å². The predicted molar refractivity (Wildman–Crippen MR) is 73.6 cm³/mol. The summed E-state index contributed by atoms with van der Waals surface area (Å²) in [6.45, 7) is 2.30. The van der Waals surface area contributed by atoms with E-state index in [1.54, 1.807) is 6.07 Å². The van der Waals surface area contributed by atoms with Crippen LogP contribution >= 0.6 is 11.6 Å². The molecule has 0 radical (unpaired) electrons. The van der Waals surface area contributed by atoms with Gasteiger partial charge in [-0.2, -0.15) is 0 Å². The molecule has 1 aliphatic rings. The number of rotatable bonds is 1. The lowest BCUT2D eigenvalue weighted by atomic mass is 9.87. The van der Waals surface area contributed by atoms with Gasteiger partial charge in [0.05, 0.1) is 15.9 Å². The molecule has 96 valence electrons. The minimum Gasteiger partial charge on any atom is -0.343 e. The number of benzene rings is 1. The highest BCUT2D eigenvalue weighted by Gasteiger charge is 2.22. The maximum Gasteiger partial charge on any atom is 0.134 e. The van der Waals surface area contributed by atoms with Crippen LogP contribution in [0.25, 0.3) is 10.9 Å². The summed E-state index contributed by atoms with van der Waals surface area (Å²) >= 11 is 6.17. The van der Waals surface area contributed by atoms with E-state index in [0.717, 1.165) is 24.3 Å². The highest BCUT2D eigenvalue weighted by Crippen LogP contribution is 2.37. The zero-order valence-electron chi connectivity index (χ0n) is 10.5. The van der Waals surface area contributed by atoms with Gasteiger partial charge < -0.3 is 4.57 Å². The predicted octanol–water partition coefficient (Wildman–Crippen LogP) is 5.19. The van der Waals surface area contributed by atoms with Gasteiger partial charge in [-0.1, -0.05) is 24.6 Å². The molecule has 0 bridgehead atoms. The Morgan fingerprint density at radius 2 is 1.94 bits per heavy atom. The average Bonchev–Trinajstić information content (AvgIpc) is 2.69. The molecule has 0 saturated heterocycles. The molecule has 0 aliphatic heterocycles. The molecule has 1 nitrogen and oxygen atoms in total. The van der Waals surface area contributed by atoms with E-state index in [2.05, 4.69) is 11.5 Å². The molecule has 0 atom stereocenters. The Kier molecular flexibility index (Phi) is 3.06. The normalized spacial score (nSPS) is 24.6. The second-order valence-corrected chi connectivity index (χ2v) is 5.84. The summed E-state index contributed by atoms with van der Waals surface area (Å²) in [7, 11) is 0. The fourth-order valence-corrected chi connectivity index (χ4v) is 3.34. The van der Waals surface area contributed by atoms with Crippen molar-refractivity contribution in [1.29, 1.82) is 0 Å². The van der Waals surface area contributed by atoms with Crippen LogP contribution in [0, 0.1) is 11.7 Å². The highest BCUT2D eigenvalue weighted by molar-refractivity contribution is 6.35. The Bertz CT molecular complexity index is 567. The quantitative estimate of drug-likeness (QED) is 0.669. The first-order valence-electron chi connectivity index (χ1n) is 6.61. The van der Waals surface area contributed by atoms with E-state index >= 15 is 0 Å². The second-order valence-electron chi connectivity index (χ2n) is 5.43. The van der Waals surface area contributed by atoms with Gasteiger partial charge in [0.1, 0.15) is 5.82 Å². The molecule has 1 saturated carbocycles. The van der Waals surface area contributed by atoms with Crippen LogP contribution < -0.4 is 0 Å². The fraction of sp³-hybridized carbons (Fsp3) is 0.467. The Morgan fingerprint density at radius 3 is 2.67 bits per heavy atom. The standard InChI is InChI=1S/C15H17ClFN/c1-10-5-7-11(8-6-10)18-9-12(16)15-13(17)3-2-4-14(15)18/h2-4,9-11H,5-8H2,1H3/t10-,11+. The van der Waals surface area contributed by atoms with Crippen LogP contribution in [-0.4, -0.2) is 4.57 Å². The Balaban J connectivity index is 2.05. The molecular weight excluding hydrogens is 249 g/mol. The number of fused-ring (bicyclic) bond motifs is 1. The summed E-state index contributed by atoms with van der Waals surface area (Å²) in [5, 5.41) is 1.10. The van der Waals surface area contributed by atoms with Crippen LogP contribution in [0.3, 0.4) is 0 Å². The van der Waals surface area contributed by atoms with Crippen molar-refractivity contribution in [3.63, 3.8) is 0 Å². The van der Waals surface area contributed by atoms with Crippen molar-refractivity contribution in [2.75, 3.05) is 0 Å². The minimum absolute atomic E-state index is 0.222. The van der Waals surface area contributed by atoms with Crippen molar-refractivity contribution in [3.05, 3.63) is 35.2 Å². The molecule has 18 heavy (non-hydrogen) atoms. The van der Waals surface area contributed by atoms with Gasteiger partial charge >= 0.3 is 0 Å². The van der Waals surface area contributed by atoms with E-state index < -0.39 is 0 Å². The molecule has 0 unspecified atom stereocenters. The molecule has 0 spiro atoms. The molecule has 1 heterocycles. The molecule has 3 rings (SSSR count). The number of aromatic nitrogens is 1. The van der Waals surface area contributed by atoms with Crippen molar-refractivity contribution in [3.8, 4) is 0 Å². The SMILES string of the molecule is C[C@H]1CC[C@@H](n2cc(Cl)c3c(F)cccc32)CC1. The van der Waals surface area contributed by atoms with E-state index in [1.165, 1.54) is 18.9 Å². The van der Waals surface area contributed by atoms with Gasteiger partial charge in [-0.15, -0.1) is 0 Å². The first kappa shape index (κ1) is 12.0. The van der Waals surface area contributed by atoms with Crippen LogP contribution in [0.15, 0.2) is 24.4 Å². The molecule has 1 aromatic heterocycles. The fourth-order valence-electron chi connectivity index (χ4n) is 3.04. The topological polar surface area (TPSA) is 4.93 Å². The van der Waals surface area contributed by atoms with E-state index in [1.807, 2.05) is 12.3 Å². The van der Waals surface area contributed by atoms with E-state index in [-0.39, 0.29) is 5.82 Å². The zero-order chi connectivity index (χ0) is 12.7. The molecule has 2 aromatic rings. The Hall–Kier alpha value is -1.02. The first-order chi connectivity index (χ1) is 8.66. The first-order valence-corrected chi connectivity index (χ1v) is 6.99. The molecule has 1 aliphatic carbocycles. The summed E-state index contributed by atoms with van der Waals surface area (Å²) in [4.78, 5) is 0.